The molecule has 140 valence electrons. The number of piperazine rings is 1. The van der Waals surface area contributed by atoms with Gasteiger partial charge in [-0.1, -0.05) is 11.6 Å². The van der Waals surface area contributed by atoms with E-state index in [4.69, 9.17) is 16.3 Å². The van der Waals surface area contributed by atoms with Crippen molar-refractivity contribution in [3.63, 3.8) is 0 Å². The van der Waals surface area contributed by atoms with Crippen LogP contribution in [0.2, 0.25) is 5.02 Å². The Hall–Kier alpha value is -2.91. The molecular formula is C17H17ClN6O3. The maximum atomic E-state index is 12.9. The summed E-state index contributed by atoms with van der Waals surface area (Å²) in [6, 6.07) is 3.26. The number of hydrogen-bond acceptors (Lipinski definition) is 7. The van der Waals surface area contributed by atoms with Gasteiger partial charge in [-0.05, 0) is 19.2 Å². The summed E-state index contributed by atoms with van der Waals surface area (Å²) in [6.45, 7) is 1.79. The summed E-state index contributed by atoms with van der Waals surface area (Å²) in [4.78, 5) is 31.7. The molecule has 3 aromatic rings. The molecule has 0 aromatic carbocycles. The summed E-state index contributed by atoms with van der Waals surface area (Å²) in [5.74, 6) is -0.141. The van der Waals surface area contributed by atoms with Crippen molar-refractivity contribution in [1.82, 2.24) is 29.7 Å². The summed E-state index contributed by atoms with van der Waals surface area (Å²) in [6.07, 6.45) is 3.91. The van der Waals surface area contributed by atoms with E-state index in [1.807, 2.05) is 7.05 Å². The third kappa shape index (κ3) is 3.38. The number of ether oxygens (including phenoxy) is 1. The molecule has 3 aromatic heterocycles. The number of aromatic hydroxyl groups is 1. The van der Waals surface area contributed by atoms with Crippen molar-refractivity contribution in [3.8, 4) is 11.8 Å². The van der Waals surface area contributed by atoms with Crippen LogP contribution in [0.1, 0.15) is 11.7 Å². The number of pyridine rings is 1. The number of fused-ring (bicyclic) bond motifs is 1. The maximum Gasteiger partial charge on any atom is 0.417 e. The minimum Gasteiger partial charge on any atom is -0.493 e. The van der Waals surface area contributed by atoms with Gasteiger partial charge < -0.3 is 14.7 Å². The number of carbonyl (C=O) groups excluding carboxylic acids is 1. The number of aromatic nitrogens is 4. The van der Waals surface area contributed by atoms with E-state index in [1.54, 1.807) is 23.2 Å². The number of aromatic amines is 1. The molecule has 0 saturated carbocycles. The van der Waals surface area contributed by atoms with E-state index >= 15 is 0 Å². The molecule has 0 radical (unpaired) electrons. The van der Waals surface area contributed by atoms with Gasteiger partial charge in [0.2, 0.25) is 11.8 Å². The first kappa shape index (κ1) is 17.5. The molecule has 9 nitrogen and oxygen atoms in total. The molecular weight excluding hydrogens is 372 g/mol. The smallest absolute Gasteiger partial charge is 0.417 e. The van der Waals surface area contributed by atoms with E-state index < -0.39 is 6.09 Å². The number of halogens is 1. The van der Waals surface area contributed by atoms with E-state index in [1.165, 1.54) is 12.4 Å². The van der Waals surface area contributed by atoms with Crippen LogP contribution in [0.25, 0.3) is 11.0 Å². The van der Waals surface area contributed by atoms with Gasteiger partial charge in [-0.2, -0.15) is 0 Å². The minimum absolute atomic E-state index is 0.0577. The van der Waals surface area contributed by atoms with Crippen molar-refractivity contribution >= 4 is 28.7 Å². The molecule has 0 bridgehead atoms. The maximum absolute atomic E-state index is 12.9. The molecule has 4 rings (SSSR count). The van der Waals surface area contributed by atoms with Crippen molar-refractivity contribution in [3.05, 3.63) is 41.4 Å². The van der Waals surface area contributed by atoms with Gasteiger partial charge >= 0.3 is 6.09 Å². The van der Waals surface area contributed by atoms with Gasteiger partial charge in [0.25, 0.3) is 0 Å². The van der Waals surface area contributed by atoms with E-state index in [-0.39, 0.29) is 23.3 Å². The number of rotatable bonds is 2. The molecule has 1 saturated heterocycles. The second-order valence-electron chi connectivity index (χ2n) is 6.30. The van der Waals surface area contributed by atoms with Gasteiger partial charge in [0, 0.05) is 38.2 Å². The predicted molar refractivity (Wildman–Crippen MR) is 97.8 cm³/mol. The number of likely N-dealkylation sites (N-methyl/N-ethyl adjacent to an activating group) is 1. The molecule has 1 aliphatic heterocycles. The Bertz CT molecular complexity index is 976. The summed E-state index contributed by atoms with van der Waals surface area (Å²) < 4.78 is 5.50. The van der Waals surface area contributed by atoms with Crippen LogP contribution in [0.4, 0.5) is 4.79 Å². The fourth-order valence-electron chi connectivity index (χ4n) is 3.10. The second kappa shape index (κ2) is 7.01. The summed E-state index contributed by atoms with van der Waals surface area (Å²) in [7, 11) is 1.98. The average molecular weight is 389 g/mol. The van der Waals surface area contributed by atoms with Crippen LogP contribution in [0.3, 0.4) is 0 Å². The van der Waals surface area contributed by atoms with Crippen molar-refractivity contribution in [2.45, 2.75) is 6.04 Å². The third-order valence-corrected chi connectivity index (χ3v) is 4.69. The van der Waals surface area contributed by atoms with Crippen LogP contribution < -0.4 is 4.74 Å². The first-order chi connectivity index (χ1) is 13.0. The molecule has 1 aliphatic rings. The van der Waals surface area contributed by atoms with Gasteiger partial charge in [0.15, 0.2) is 11.0 Å². The molecule has 1 amide bonds. The highest BCUT2D eigenvalue weighted by Gasteiger charge is 2.33. The normalized spacial score (nSPS) is 18.0. The highest BCUT2D eigenvalue weighted by molar-refractivity contribution is 6.30. The fourth-order valence-corrected chi connectivity index (χ4v) is 3.21. The molecule has 0 unspecified atom stereocenters. The summed E-state index contributed by atoms with van der Waals surface area (Å²) >= 11 is 5.92. The Morgan fingerprint density at radius 3 is 2.78 bits per heavy atom. The molecule has 1 atom stereocenters. The second-order valence-corrected chi connectivity index (χ2v) is 6.73. The SMILES string of the molecule is CN1CCN(C(=O)Oc2[nH]c(O)c3nccnc23)[C@H](c2ccc(Cl)cn2)C1. The Morgan fingerprint density at radius 2 is 2.04 bits per heavy atom. The number of nitrogens with zero attached hydrogens (tertiary/aromatic N) is 5. The first-order valence-electron chi connectivity index (χ1n) is 8.33. The van der Waals surface area contributed by atoms with Crippen LogP contribution >= 0.6 is 11.6 Å². The van der Waals surface area contributed by atoms with Crippen molar-refractivity contribution in [2.75, 3.05) is 26.7 Å². The molecule has 4 heterocycles. The molecule has 0 spiro atoms. The van der Waals surface area contributed by atoms with Crippen LogP contribution in [-0.4, -0.2) is 67.6 Å². The lowest BCUT2D eigenvalue weighted by molar-refractivity contribution is 0.0800. The van der Waals surface area contributed by atoms with Gasteiger partial charge in [-0.25, -0.2) is 14.8 Å². The van der Waals surface area contributed by atoms with Gasteiger partial charge in [-0.3, -0.25) is 14.9 Å². The van der Waals surface area contributed by atoms with Crippen LogP contribution in [-0.2, 0) is 0 Å². The summed E-state index contributed by atoms with van der Waals surface area (Å²) in [5.41, 5.74) is 1.26. The summed E-state index contributed by atoms with van der Waals surface area (Å²) in [5, 5.41) is 10.4. The highest BCUT2D eigenvalue weighted by Crippen LogP contribution is 2.31. The molecule has 1 fully saturated rings. The van der Waals surface area contributed by atoms with Crippen molar-refractivity contribution < 1.29 is 14.6 Å². The third-order valence-electron chi connectivity index (χ3n) is 4.47. The van der Waals surface area contributed by atoms with Gasteiger partial charge in [0.1, 0.15) is 0 Å². The Kier molecular flexibility index (Phi) is 4.54. The standard InChI is InChI=1S/C17H17ClN6O3/c1-23-6-7-24(12(9-23)11-3-2-10(18)8-21-11)17(26)27-16-14-13(15(25)22-16)19-4-5-20-14/h2-5,8,12,22,25H,6-7,9H2,1H3/t12-/m0/s1. The lowest BCUT2D eigenvalue weighted by Crippen LogP contribution is -2.50. The monoisotopic (exact) mass is 388 g/mol. The molecule has 10 heteroatoms. The van der Waals surface area contributed by atoms with E-state index in [9.17, 15) is 9.90 Å². The quantitative estimate of drug-likeness (QED) is 0.692. The predicted octanol–water partition coefficient (Wildman–Crippen LogP) is 2.20. The zero-order valence-electron chi connectivity index (χ0n) is 14.5. The Morgan fingerprint density at radius 1 is 1.26 bits per heavy atom. The van der Waals surface area contributed by atoms with E-state index in [0.29, 0.717) is 30.2 Å². The Balaban J connectivity index is 1.61. The van der Waals surface area contributed by atoms with Crippen LogP contribution in [0, 0.1) is 0 Å². The average Bonchev–Trinajstić information content (AvgIpc) is 2.98. The van der Waals surface area contributed by atoms with Gasteiger partial charge in [0.05, 0.1) is 16.8 Å². The molecule has 0 aliphatic carbocycles. The molecule has 27 heavy (non-hydrogen) atoms. The van der Waals surface area contributed by atoms with Crippen molar-refractivity contribution in [2.24, 2.45) is 0 Å². The first-order valence-corrected chi connectivity index (χ1v) is 8.71. The minimum atomic E-state index is -0.557. The van der Waals surface area contributed by atoms with Crippen LogP contribution in [0.15, 0.2) is 30.7 Å². The van der Waals surface area contributed by atoms with Crippen LogP contribution in [0.5, 0.6) is 11.8 Å². The topological polar surface area (TPSA) is 107 Å². The Labute approximate surface area is 159 Å². The zero-order valence-corrected chi connectivity index (χ0v) is 15.2. The van der Waals surface area contributed by atoms with E-state index in [2.05, 4.69) is 24.8 Å². The fraction of sp³-hybridized carbons (Fsp3) is 0.294. The number of amides is 1. The molecule has 2 N–H and O–H groups in total. The van der Waals surface area contributed by atoms with Gasteiger partial charge in [-0.15, -0.1) is 0 Å². The van der Waals surface area contributed by atoms with E-state index in [0.717, 1.165) is 5.69 Å². The number of carbonyl (C=O) groups is 1. The largest absolute Gasteiger partial charge is 0.493 e. The lowest BCUT2D eigenvalue weighted by atomic mass is 10.1. The highest BCUT2D eigenvalue weighted by atomic mass is 35.5. The zero-order chi connectivity index (χ0) is 19.0. The number of nitrogens with one attached hydrogen (secondary N) is 1. The lowest BCUT2D eigenvalue weighted by Gasteiger charge is -2.38. The van der Waals surface area contributed by atoms with Crippen molar-refractivity contribution in [1.29, 1.82) is 0 Å². The number of hydrogen-bond donors (Lipinski definition) is 2. The number of H-pyrrole nitrogens is 1.